The zero-order valence-corrected chi connectivity index (χ0v) is 13.2. The number of nitrogens with one attached hydrogen (secondary N) is 2. The number of piperazine rings is 1. The molecular formula is C16H33N3. The summed E-state index contributed by atoms with van der Waals surface area (Å²) in [5, 5.41) is 7.19. The second-order valence-electron chi connectivity index (χ2n) is 7.46. The average molecular weight is 267 g/mol. The Morgan fingerprint density at radius 2 is 1.68 bits per heavy atom. The molecule has 2 aliphatic rings. The molecule has 0 bridgehead atoms. The van der Waals surface area contributed by atoms with Crippen molar-refractivity contribution in [1.29, 1.82) is 0 Å². The third-order valence-electron chi connectivity index (χ3n) is 5.02. The molecule has 2 fully saturated rings. The summed E-state index contributed by atoms with van der Waals surface area (Å²) in [4.78, 5) is 2.57. The molecule has 1 saturated carbocycles. The van der Waals surface area contributed by atoms with Gasteiger partial charge in [0.15, 0.2) is 0 Å². The van der Waals surface area contributed by atoms with Crippen molar-refractivity contribution < 1.29 is 0 Å². The number of nitrogens with zero attached hydrogens (tertiary/aromatic N) is 1. The molecule has 2 N–H and O–H groups in total. The minimum Gasteiger partial charge on any atom is -0.314 e. The second kappa shape index (κ2) is 7.05. The Balaban J connectivity index is 1.58. The van der Waals surface area contributed by atoms with E-state index in [9.17, 15) is 0 Å². The van der Waals surface area contributed by atoms with Gasteiger partial charge in [0, 0.05) is 45.3 Å². The van der Waals surface area contributed by atoms with Crippen molar-refractivity contribution in [2.75, 3.05) is 39.3 Å². The summed E-state index contributed by atoms with van der Waals surface area (Å²) in [7, 11) is 0. The number of hydrogen-bond acceptors (Lipinski definition) is 3. The van der Waals surface area contributed by atoms with Crippen LogP contribution >= 0.6 is 0 Å². The van der Waals surface area contributed by atoms with Crippen LogP contribution in [0.5, 0.6) is 0 Å². The lowest BCUT2D eigenvalue weighted by molar-refractivity contribution is 0.157. The highest BCUT2D eigenvalue weighted by Crippen LogP contribution is 2.37. The van der Waals surface area contributed by atoms with E-state index < -0.39 is 0 Å². The maximum atomic E-state index is 3.78. The molecule has 19 heavy (non-hydrogen) atoms. The van der Waals surface area contributed by atoms with Crippen LogP contribution in [0.4, 0.5) is 0 Å². The maximum Gasteiger partial charge on any atom is 0.0108 e. The van der Waals surface area contributed by atoms with Crippen LogP contribution in [-0.2, 0) is 0 Å². The van der Waals surface area contributed by atoms with Crippen molar-refractivity contribution in [3.8, 4) is 0 Å². The molecule has 0 atom stereocenters. The van der Waals surface area contributed by atoms with Gasteiger partial charge in [-0.3, -0.25) is 4.90 Å². The van der Waals surface area contributed by atoms with Gasteiger partial charge in [0.05, 0.1) is 0 Å². The lowest BCUT2D eigenvalue weighted by Gasteiger charge is -2.37. The van der Waals surface area contributed by atoms with Crippen molar-refractivity contribution in [3.63, 3.8) is 0 Å². The third-order valence-corrected chi connectivity index (χ3v) is 5.02. The van der Waals surface area contributed by atoms with Crippen molar-refractivity contribution in [3.05, 3.63) is 0 Å². The Bertz CT molecular complexity index is 245. The topological polar surface area (TPSA) is 27.3 Å². The van der Waals surface area contributed by atoms with Gasteiger partial charge >= 0.3 is 0 Å². The first kappa shape index (κ1) is 15.3. The molecule has 0 radical (unpaired) electrons. The summed E-state index contributed by atoms with van der Waals surface area (Å²) in [6.45, 7) is 14.4. The average Bonchev–Trinajstić information content (AvgIpc) is 2.39. The Morgan fingerprint density at radius 1 is 1.05 bits per heavy atom. The molecule has 2 rings (SSSR count). The predicted molar refractivity (Wildman–Crippen MR) is 82.5 cm³/mol. The van der Waals surface area contributed by atoms with Gasteiger partial charge in [0.25, 0.3) is 0 Å². The van der Waals surface area contributed by atoms with Gasteiger partial charge in [-0.15, -0.1) is 0 Å². The van der Waals surface area contributed by atoms with Crippen LogP contribution in [0.3, 0.4) is 0 Å². The van der Waals surface area contributed by atoms with Crippen LogP contribution in [-0.4, -0.2) is 50.2 Å². The Hall–Kier alpha value is -0.120. The van der Waals surface area contributed by atoms with E-state index in [-0.39, 0.29) is 0 Å². The van der Waals surface area contributed by atoms with Crippen molar-refractivity contribution in [2.45, 2.75) is 52.5 Å². The summed E-state index contributed by atoms with van der Waals surface area (Å²) in [6, 6.07) is 0.779. The third kappa shape index (κ3) is 5.05. The van der Waals surface area contributed by atoms with Gasteiger partial charge in [-0.25, -0.2) is 0 Å². The lowest BCUT2D eigenvalue weighted by Crippen LogP contribution is -2.47. The molecule has 0 unspecified atom stereocenters. The SMILES string of the molecule is CC(C)(C)C1CCC(NCCN2CCNCC2)CC1. The molecule has 0 aromatic heterocycles. The zero-order chi connectivity index (χ0) is 13.7. The van der Waals surface area contributed by atoms with Crippen LogP contribution in [0.25, 0.3) is 0 Å². The summed E-state index contributed by atoms with van der Waals surface area (Å²) in [6.07, 6.45) is 5.58. The van der Waals surface area contributed by atoms with Gasteiger partial charge in [-0.1, -0.05) is 20.8 Å². The quantitative estimate of drug-likeness (QED) is 0.817. The van der Waals surface area contributed by atoms with Crippen LogP contribution < -0.4 is 10.6 Å². The minimum atomic E-state index is 0.506. The fourth-order valence-corrected chi connectivity index (χ4v) is 3.53. The van der Waals surface area contributed by atoms with E-state index in [1.54, 1.807) is 0 Å². The van der Waals surface area contributed by atoms with Crippen molar-refractivity contribution >= 4 is 0 Å². The zero-order valence-electron chi connectivity index (χ0n) is 13.2. The molecule has 3 heteroatoms. The Kier molecular flexibility index (Phi) is 5.67. The molecular weight excluding hydrogens is 234 g/mol. The highest BCUT2D eigenvalue weighted by atomic mass is 15.2. The van der Waals surface area contributed by atoms with Crippen LogP contribution in [0, 0.1) is 11.3 Å². The molecule has 1 saturated heterocycles. The summed E-state index contributed by atoms with van der Waals surface area (Å²) in [5.74, 6) is 0.929. The first-order valence-electron chi connectivity index (χ1n) is 8.22. The first-order valence-corrected chi connectivity index (χ1v) is 8.22. The van der Waals surface area contributed by atoms with Crippen LogP contribution in [0.15, 0.2) is 0 Å². The maximum absolute atomic E-state index is 3.78. The number of hydrogen-bond donors (Lipinski definition) is 2. The molecule has 3 nitrogen and oxygen atoms in total. The van der Waals surface area contributed by atoms with Crippen LogP contribution in [0.1, 0.15) is 46.5 Å². The van der Waals surface area contributed by atoms with Gasteiger partial charge in [-0.05, 0) is 37.0 Å². The van der Waals surface area contributed by atoms with E-state index in [4.69, 9.17) is 0 Å². The second-order valence-corrected chi connectivity index (χ2v) is 7.46. The van der Waals surface area contributed by atoms with E-state index in [0.29, 0.717) is 5.41 Å². The Labute approximate surface area is 119 Å². The predicted octanol–water partition coefficient (Wildman–Crippen LogP) is 2.09. The smallest absolute Gasteiger partial charge is 0.0108 e. The van der Waals surface area contributed by atoms with E-state index in [1.165, 1.54) is 51.9 Å². The highest BCUT2D eigenvalue weighted by Gasteiger charge is 2.29. The number of rotatable bonds is 4. The van der Waals surface area contributed by atoms with Crippen LogP contribution in [0.2, 0.25) is 0 Å². The fourth-order valence-electron chi connectivity index (χ4n) is 3.53. The monoisotopic (exact) mass is 267 g/mol. The largest absolute Gasteiger partial charge is 0.314 e. The normalized spacial score (nSPS) is 30.5. The summed E-state index contributed by atoms with van der Waals surface area (Å²) >= 11 is 0. The van der Waals surface area contributed by atoms with Crippen molar-refractivity contribution in [2.24, 2.45) is 11.3 Å². The highest BCUT2D eigenvalue weighted by molar-refractivity contribution is 4.83. The fraction of sp³-hybridized carbons (Fsp3) is 1.00. The molecule has 0 aromatic carbocycles. The Morgan fingerprint density at radius 3 is 2.26 bits per heavy atom. The van der Waals surface area contributed by atoms with Gasteiger partial charge in [0.1, 0.15) is 0 Å². The van der Waals surface area contributed by atoms with Gasteiger partial charge < -0.3 is 10.6 Å². The van der Waals surface area contributed by atoms with E-state index in [2.05, 4.69) is 36.3 Å². The standard InChI is InChI=1S/C16H33N3/c1-16(2,3)14-4-6-15(7-5-14)18-10-13-19-11-8-17-9-12-19/h14-15,17-18H,4-13H2,1-3H3. The van der Waals surface area contributed by atoms with Crippen molar-refractivity contribution in [1.82, 2.24) is 15.5 Å². The first-order chi connectivity index (χ1) is 9.05. The molecule has 1 aliphatic heterocycles. The molecule has 1 heterocycles. The van der Waals surface area contributed by atoms with E-state index >= 15 is 0 Å². The molecule has 0 aromatic rings. The lowest BCUT2D eigenvalue weighted by atomic mass is 9.71. The van der Waals surface area contributed by atoms with Gasteiger partial charge in [-0.2, -0.15) is 0 Å². The van der Waals surface area contributed by atoms with E-state index in [0.717, 1.165) is 25.0 Å². The summed E-state index contributed by atoms with van der Waals surface area (Å²) < 4.78 is 0. The van der Waals surface area contributed by atoms with Gasteiger partial charge in [0.2, 0.25) is 0 Å². The molecule has 1 aliphatic carbocycles. The van der Waals surface area contributed by atoms with E-state index in [1.807, 2.05) is 0 Å². The molecule has 0 amide bonds. The summed E-state index contributed by atoms with van der Waals surface area (Å²) in [5.41, 5.74) is 0.506. The minimum absolute atomic E-state index is 0.506. The molecule has 0 spiro atoms. The molecule has 112 valence electrons.